The highest BCUT2D eigenvalue weighted by atomic mass is 16.4. The van der Waals surface area contributed by atoms with E-state index in [-0.39, 0.29) is 12.3 Å². The topological polar surface area (TPSA) is 78.4 Å². The van der Waals surface area contributed by atoms with Gasteiger partial charge in [-0.3, -0.25) is 15.0 Å². The molecular weight excluding hydrogens is 136 g/mol. The molecule has 10 heavy (non-hydrogen) atoms. The number of rotatable bonds is 1. The zero-order valence-electron chi connectivity index (χ0n) is 5.26. The van der Waals surface area contributed by atoms with Crippen molar-refractivity contribution in [2.24, 2.45) is 5.92 Å². The van der Waals surface area contributed by atoms with E-state index in [2.05, 4.69) is 10.9 Å². The molecule has 1 rings (SSSR count). The van der Waals surface area contributed by atoms with Gasteiger partial charge in [-0.1, -0.05) is 0 Å². The number of nitrogens with one attached hydrogen (secondary N) is 2. The maximum Gasteiger partial charge on any atom is 0.308 e. The van der Waals surface area contributed by atoms with Gasteiger partial charge in [-0.05, 0) is 0 Å². The molecule has 0 bridgehead atoms. The molecule has 0 spiro atoms. The maximum absolute atomic E-state index is 10.5. The highest BCUT2D eigenvalue weighted by Gasteiger charge is 2.24. The number of hydrazine groups is 1. The summed E-state index contributed by atoms with van der Waals surface area (Å²) >= 11 is 0. The van der Waals surface area contributed by atoms with Gasteiger partial charge in [0.15, 0.2) is 0 Å². The molecule has 5 heteroatoms. The van der Waals surface area contributed by atoms with Crippen LogP contribution in [0.3, 0.4) is 0 Å². The van der Waals surface area contributed by atoms with Crippen LogP contribution in [0.4, 0.5) is 0 Å². The Labute approximate surface area is 57.4 Å². The van der Waals surface area contributed by atoms with Gasteiger partial charge in [0.2, 0.25) is 5.91 Å². The average molecular weight is 144 g/mol. The van der Waals surface area contributed by atoms with E-state index < -0.39 is 11.9 Å². The van der Waals surface area contributed by atoms with Gasteiger partial charge in [-0.2, -0.15) is 0 Å². The van der Waals surface area contributed by atoms with Gasteiger partial charge in [-0.25, -0.2) is 5.43 Å². The predicted octanol–water partition coefficient (Wildman–Crippen LogP) is -1.29. The molecule has 5 nitrogen and oxygen atoms in total. The summed E-state index contributed by atoms with van der Waals surface area (Å²) in [5.41, 5.74) is 4.80. The molecule has 0 aromatic heterocycles. The standard InChI is InChI=1S/C5H8N2O3/c8-4-1-3(5(9)10)2-6-7-4/h3,6H,1-2H2,(H,7,8)(H,9,10)/t3-/m1/s1. The van der Waals surface area contributed by atoms with Crippen molar-refractivity contribution in [2.75, 3.05) is 6.54 Å². The van der Waals surface area contributed by atoms with Crippen molar-refractivity contribution < 1.29 is 14.7 Å². The van der Waals surface area contributed by atoms with Gasteiger partial charge < -0.3 is 5.11 Å². The third-order valence-electron chi connectivity index (χ3n) is 1.36. The van der Waals surface area contributed by atoms with Crippen molar-refractivity contribution in [3.8, 4) is 0 Å². The second kappa shape index (κ2) is 2.66. The molecule has 1 heterocycles. The fraction of sp³-hybridized carbons (Fsp3) is 0.600. The van der Waals surface area contributed by atoms with Crippen molar-refractivity contribution in [1.29, 1.82) is 0 Å². The molecule has 3 N–H and O–H groups in total. The number of hydrogen-bond acceptors (Lipinski definition) is 3. The molecule has 1 saturated heterocycles. The Bertz CT molecular complexity index is 166. The largest absolute Gasteiger partial charge is 0.481 e. The lowest BCUT2D eigenvalue weighted by atomic mass is 10.1. The van der Waals surface area contributed by atoms with Crippen LogP contribution in [0.2, 0.25) is 0 Å². The van der Waals surface area contributed by atoms with Gasteiger partial charge in [0.05, 0.1) is 5.92 Å². The van der Waals surface area contributed by atoms with Gasteiger partial charge in [0, 0.05) is 13.0 Å². The zero-order chi connectivity index (χ0) is 7.56. The molecule has 56 valence electrons. The zero-order valence-corrected chi connectivity index (χ0v) is 5.26. The summed E-state index contributed by atoms with van der Waals surface area (Å²) in [6, 6.07) is 0. The molecule has 1 amide bonds. The number of carboxylic acid groups (broad SMARTS) is 1. The summed E-state index contributed by atoms with van der Waals surface area (Å²) in [7, 11) is 0. The minimum absolute atomic E-state index is 0.0718. The molecule has 0 aliphatic carbocycles. The Morgan fingerprint density at radius 1 is 1.70 bits per heavy atom. The first-order valence-corrected chi connectivity index (χ1v) is 2.94. The summed E-state index contributed by atoms with van der Waals surface area (Å²) in [6.45, 7) is 0.307. The first-order valence-electron chi connectivity index (χ1n) is 2.94. The van der Waals surface area contributed by atoms with E-state index in [0.29, 0.717) is 6.54 Å². The molecule has 0 saturated carbocycles. The molecule has 0 aromatic carbocycles. The lowest BCUT2D eigenvalue weighted by Crippen LogP contribution is -2.48. The fourth-order valence-corrected chi connectivity index (χ4v) is 0.794. The summed E-state index contributed by atoms with van der Waals surface area (Å²) in [5.74, 6) is -1.77. The number of carbonyl (C=O) groups is 2. The highest BCUT2D eigenvalue weighted by molar-refractivity contribution is 5.83. The van der Waals surface area contributed by atoms with Crippen molar-refractivity contribution in [2.45, 2.75) is 6.42 Å². The van der Waals surface area contributed by atoms with Gasteiger partial charge in [0.1, 0.15) is 0 Å². The molecule has 1 fully saturated rings. The number of amides is 1. The Morgan fingerprint density at radius 2 is 2.40 bits per heavy atom. The number of carboxylic acids is 1. The first-order chi connectivity index (χ1) is 4.70. The van der Waals surface area contributed by atoms with Crippen LogP contribution in [0.25, 0.3) is 0 Å². The van der Waals surface area contributed by atoms with Crippen LogP contribution >= 0.6 is 0 Å². The average Bonchev–Trinajstić information content (AvgIpc) is 1.88. The molecule has 1 aliphatic rings. The Hall–Kier alpha value is -1.10. The van der Waals surface area contributed by atoms with Crippen LogP contribution < -0.4 is 10.9 Å². The first kappa shape index (κ1) is 7.01. The Kier molecular flexibility index (Phi) is 1.86. The minimum atomic E-state index is -0.928. The van der Waals surface area contributed by atoms with E-state index in [1.54, 1.807) is 0 Å². The minimum Gasteiger partial charge on any atom is -0.481 e. The van der Waals surface area contributed by atoms with Crippen LogP contribution in [-0.4, -0.2) is 23.5 Å². The van der Waals surface area contributed by atoms with Crippen molar-refractivity contribution in [3.63, 3.8) is 0 Å². The molecule has 0 radical (unpaired) electrons. The van der Waals surface area contributed by atoms with Gasteiger partial charge in [0.25, 0.3) is 0 Å². The Morgan fingerprint density at radius 3 is 2.80 bits per heavy atom. The fourth-order valence-electron chi connectivity index (χ4n) is 0.794. The summed E-state index contributed by atoms with van der Waals surface area (Å²) < 4.78 is 0. The van der Waals surface area contributed by atoms with Crippen LogP contribution in [0.15, 0.2) is 0 Å². The predicted molar refractivity (Wildman–Crippen MR) is 31.9 cm³/mol. The molecule has 0 aromatic rings. The lowest BCUT2D eigenvalue weighted by Gasteiger charge is -2.18. The quantitative estimate of drug-likeness (QED) is 0.428. The maximum atomic E-state index is 10.5. The second-order valence-electron chi connectivity index (χ2n) is 2.17. The molecular formula is C5H8N2O3. The third kappa shape index (κ3) is 1.44. The van der Waals surface area contributed by atoms with E-state index in [1.807, 2.05) is 0 Å². The lowest BCUT2D eigenvalue weighted by molar-refractivity contribution is -0.145. The molecule has 1 atom stereocenters. The summed E-state index contributed by atoms with van der Waals surface area (Å²) in [5, 5.41) is 8.44. The highest BCUT2D eigenvalue weighted by Crippen LogP contribution is 2.03. The number of aliphatic carboxylic acids is 1. The van der Waals surface area contributed by atoms with Crippen LogP contribution in [0, 0.1) is 5.92 Å². The Balaban J connectivity index is 2.47. The van der Waals surface area contributed by atoms with Crippen molar-refractivity contribution in [3.05, 3.63) is 0 Å². The third-order valence-corrected chi connectivity index (χ3v) is 1.36. The van der Waals surface area contributed by atoms with Gasteiger partial charge in [-0.15, -0.1) is 0 Å². The van der Waals surface area contributed by atoms with E-state index in [0.717, 1.165) is 0 Å². The van der Waals surface area contributed by atoms with Crippen LogP contribution in [0.5, 0.6) is 0 Å². The van der Waals surface area contributed by atoms with E-state index in [1.165, 1.54) is 0 Å². The van der Waals surface area contributed by atoms with Crippen LogP contribution in [-0.2, 0) is 9.59 Å². The monoisotopic (exact) mass is 144 g/mol. The molecule has 0 unspecified atom stereocenters. The SMILES string of the molecule is O=C1C[C@@H](C(=O)O)CNN1. The smallest absolute Gasteiger partial charge is 0.308 e. The van der Waals surface area contributed by atoms with Crippen molar-refractivity contribution in [1.82, 2.24) is 10.9 Å². The second-order valence-corrected chi connectivity index (χ2v) is 2.17. The normalized spacial score (nSPS) is 25.6. The number of carbonyl (C=O) groups excluding carboxylic acids is 1. The molecule has 1 aliphatic heterocycles. The van der Waals surface area contributed by atoms with Crippen LogP contribution in [0.1, 0.15) is 6.42 Å². The van der Waals surface area contributed by atoms with Gasteiger partial charge >= 0.3 is 5.97 Å². The van der Waals surface area contributed by atoms with E-state index >= 15 is 0 Å². The van der Waals surface area contributed by atoms with Crippen molar-refractivity contribution >= 4 is 11.9 Å². The van der Waals surface area contributed by atoms with E-state index in [9.17, 15) is 9.59 Å². The van der Waals surface area contributed by atoms with E-state index in [4.69, 9.17) is 5.11 Å². The number of hydrogen-bond donors (Lipinski definition) is 3. The summed E-state index contributed by atoms with van der Waals surface area (Å²) in [4.78, 5) is 20.8. The summed E-state index contributed by atoms with van der Waals surface area (Å²) in [6.07, 6.45) is 0.0718.